The molecule has 0 aromatic rings. The second-order valence-electron chi connectivity index (χ2n) is 9.62. The number of rotatable bonds is 6. The highest BCUT2D eigenvalue weighted by atomic mass is 28.4. The van der Waals surface area contributed by atoms with Crippen LogP contribution in [0.3, 0.4) is 0 Å². The van der Waals surface area contributed by atoms with E-state index in [2.05, 4.69) is 33.9 Å². The van der Waals surface area contributed by atoms with Gasteiger partial charge in [-0.05, 0) is 51.7 Å². The van der Waals surface area contributed by atoms with Crippen molar-refractivity contribution in [3.8, 4) is 0 Å². The van der Waals surface area contributed by atoms with E-state index in [0.29, 0.717) is 19.6 Å². The highest BCUT2D eigenvalue weighted by molar-refractivity contribution is 6.74. The van der Waals surface area contributed by atoms with Crippen LogP contribution < -0.4 is 0 Å². The first-order valence-corrected chi connectivity index (χ1v) is 12.3. The fraction of sp³-hybridized carbons (Fsp3) is 0.895. The standard InChI is InChI=1S/C19H37NO4Si/c1-18(2,3)24-17(22)20-12-9-10-16(20)15(11-13-21)14-23-25(7,8)19(4,5)6/h13,15-16H,9-12,14H2,1-8H3/t15-,16+/m1/s1. The maximum absolute atomic E-state index is 12.5. The first kappa shape index (κ1) is 22.2. The van der Waals surface area contributed by atoms with Crippen LogP contribution in [0.2, 0.25) is 18.1 Å². The molecule has 0 aromatic carbocycles. The quantitative estimate of drug-likeness (QED) is 0.505. The summed E-state index contributed by atoms with van der Waals surface area (Å²) < 4.78 is 11.9. The molecule has 146 valence electrons. The number of hydrogen-bond acceptors (Lipinski definition) is 4. The van der Waals surface area contributed by atoms with E-state index in [4.69, 9.17) is 9.16 Å². The Morgan fingerprint density at radius 3 is 2.32 bits per heavy atom. The SMILES string of the molecule is CC(C)(C)OC(=O)N1CCC[C@H]1[C@H](CC=O)CO[Si](C)(C)C(C)(C)C. The number of amides is 1. The van der Waals surface area contributed by atoms with Gasteiger partial charge in [0.15, 0.2) is 8.32 Å². The van der Waals surface area contributed by atoms with E-state index >= 15 is 0 Å². The molecule has 1 aliphatic heterocycles. The Morgan fingerprint density at radius 2 is 1.84 bits per heavy atom. The molecule has 1 saturated heterocycles. The van der Waals surface area contributed by atoms with E-state index in [1.54, 1.807) is 4.90 Å². The molecule has 0 radical (unpaired) electrons. The zero-order valence-corrected chi connectivity index (χ0v) is 18.3. The number of aldehydes is 1. The molecule has 0 aliphatic carbocycles. The fourth-order valence-electron chi connectivity index (χ4n) is 2.82. The number of nitrogens with zero attached hydrogens (tertiary/aromatic N) is 1. The molecule has 0 aromatic heterocycles. The highest BCUT2D eigenvalue weighted by Gasteiger charge is 2.41. The van der Waals surface area contributed by atoms with E-state index in [1.165, 1.54) is 0 Å². The monoisotopic (exact) mass is 371 g/mol. The summed E-state index contributed by atoms with van der Waals surface area (Å²) in [4.78, 5) is 25.5. The molecule has 25 heavy (non-hydrogen) atoms. The van der Waals surface area contributed by atoms with E-state index < -0.39 is 13.9 Å². The number of carbonyl (C=O) groups is 2. The Morgan fingerprint density at radius 1 is 1.24 bits per heavy atom. The van der Waals surface area contributed by atoms with Crippen LogP contribution >= 0.6 is 0 Å². The van der Waals surface area contributed by atoms with Crippen molar-refractivity contribution in [1.29, 1.82) is 0 Å². The van der Waals surface area contributed by atoms with Gasteiger partial charge in [0.1, 0.15) is 11.9 Å². The van der Waals surface area contributed by atoms with Gasteiger partial charge in [0.2, 0.25) is 0 Å². The number of hydrogen-bond donors (Lipinski definition) is 0. The highest BCUT2D eigenvalue weighted by Crippen LogP contribution is 2.37. The maximum atomic E-state index is 12.5. The van der Waals surface area contributed by atoms with Crippen LogP contribution in [0.1, 0.15) is 60.8 Å². The lowest BCUT2D eigenvalue weighted by atomic mass is 9.96. The third kappa shape index (κ3) is 6.41. The van der Waals surface area contributed by atoms with Gasteiger partial charge in [0.05, 0.1) is 0 Å². The summed E-state index contributed by atoms with van der Waals surface area (Å²) in [7, 11) is -1.89. The van der Waals surface area contributed by atoms with Gasteiger partial charge in [0, 0.05) is 31.5 Å². The van der Waals surface area contributed by atoms with Crippen LogP contribution in [0, 0.1) is 5.92 Å². The summed E-state index contributed by atoms with van der Waals surface area (Å²) in [5.74, 6) is 0.0293. The Balaban J connectivity index is 2.83. The van der Waals surface area contributed by atoms with Gasteiger partial charge in [0.25, 0.3) is 0 Å². The Bertz CT molecular complexity index is 465. The molecule has 2 atom stereocenters. The van der Waals surface area contributed by atoms with Crippen LogP contribution in [0.5, 0.6) is 0 Å². The molecule has 1 fully saturated rings. The number of ether oxygens (including phenoxy) is 1. The first-order valence-electron chi connectivity index (χ1n) is 9.36. The summed E-state index contributed by atoms with van der Waals surface area (Å²) in [5.41, 5.74) is -0.512. The minimum Gasteiger partial charge on any atom is -0.444 e. The lowest BCUT2D eigenvalue weighted by molar-refractivity contribution is -0.109. The normalized spacial score (nSPS) is 20.5. The lowest BCUT2D eigenvalue weighted by Crippen LogP contribution is -2.47. The van der Waals surface area contributed by atoms with Gasteiger partial charge in [-0.1, -0.05) is 20.8 Å². The molecule has 5 nitrogen and oxygen atoms in total. The molecule has 0 bridgehead atoms. The van der Waals surface area contributed by atoms with Crippen molar-refractivity contribution in [1.82, 2.24) is 4.90 Å². The van der Waals surface area contributed by atoms with Crippen LogP contribution in [0.4, 0.5) is 4.79 Å². The van der Waals surface area contributed by atoms with Gasteiger partial charge < -0.3 is 18.9 Å². The molecule has 0 unspecified atom stereocenters. The summed E-state index contributed by atoms with van der Waals surface area (Å²) in [6.07, 6.45) is 2.93. The van der Waals surface area contributed by atoms with Crippen LogP contribution in [-0.4, -0.2) is 50.4 Å². The molecule has 0 N–H and O–H groups in total. The number of carbonyl (C=O) groups excluding carboxylic acids is 2. The molecule has 0 saturated carbocycles. The van der Waals surface area contributed by atoms with Gasteiger partial charge in [-0.2, -0.15) is 0 Å². The lowest BCUT2D eigenvalue weighted by Gasteiger charge is -2.39. The largest absolute Gasteiger partial charge is 0.444 e. The Kier molecular flexibility index (Phi) is 7.27. The predicted molar refractivity (Wildman–Crippen MR) is 103 cm³/mol. The molecular formula is C19H37NO4Si. The molecule has 1 amide bonds. The average Bonchev–Trinajstić information content (AvgIpc) is 2.89. The molecule has 1 aliphatic rings. The smallest absolute Gasteiger partial charge is 0.410 e. The van der Waals surface area contributed by atoms with Crippen LogP contribution in [0.25, 0.3) is 0 Å². The fourth-order valence-corrected chi connectivity index (χ4v) is 3.89. The van der Waals surface area contributed by atoms with Crippen molar-refractivity contribution >= 4 is 20.7 Å². The second-order valence-corrected chi connectivity index (χ2v) is 14.4. The third-order valence-corrected chi connectivity index (χ3v) is 9.84. The van der Waals surface area contributed by atoms with E-state index in [0.717, 1.165) is 19.1 Å². The predicted octanol–water partition coefficient (Wildman–Crippen LogP) is 4.61. The van der Waals surface area contributed by atoms with Crippen molar-refractivity contribution in [3.05, 3.63) is 0 Å². The summed E-state index contributed by atoms with van der Waals surface area (Å²) in [6, 6.07) is 0.0184. The minimum absolute atomic E-state index is 0.0184. The van der Waals surface area contributed by atoms with Crippen molar-refractivity contribution in [2.45, 2.75) is 90.6 Å². The van der Waals surface area contributed by atoms with Gasteiger partial charge in [-0.25, -0.2) is 4.79 Å². The van der Waals surface area contributed by atoms with Crippen molar-refractivity contribution in [2.75, 3.05) is 13.2 Å². The Labute approximate surface area is 154 Å². The zero-order chi connectivity index (χ0) is 19.5. The molecular weight excluding hydrogens is 334 g/mol. The van der Waals surface area contributed by atoms with E-state index in [9.17, 15) is 9.59 Å². The second kappa shape index (κ2) is 8.21. The average molecular weight is 372 g/mol. The van der Waals surface area contributed by atoms with Gasteiger partial charge in [-0.3, -0.25) is 0 Å². The summed E-state index contributed by atoms with van der Waals surface area (Å²) >= 11 is 0. The third-order valence-electron chi connectivity index (χ3n) is 5.33. The molecule has 1 rings (SSSR count). The topological polar surface area (TPSA) is 55.8 Å². The Hall–Kier alpha value is -0.883. The van der Waals surface area contributed by atoms with Crippen molar-refractivity contribution in [3.63, 3.8) is 0 Å². The summed E-state index contributed by atoms with van der Waals surface area (Å²) in [6.45, 7) is 17.9. The molecule has 6 heteroatoms. The molecule has 1 heterocycles. The van der Waals surface area contributed by atoms with E-state index in [1.807, 2.05) is 20.8 Å². The maximum Gasteiger partial charge on any atom is 0.410 e. The van der Waals surface area contributed by atoms with Crippen LogP contribution in [0.15, 0.2) is 0 Å². The first-order chi connectivity index (χ1) is 11.3. The molecule has 0 spiro atoms. The van der Waals surface area contributed by atoms with Gasteiger partial charge in [-0.15, -0.1) is 0 Å². The number of likely N-dealkylation sites (tertiary alicyclic amines) is 1. The van der Waals surface area contributed by atoms with Gasteiger partial charge >= 0.3 is 6.09 Å². The van der Waals surface area contributed by atoms with Crippen LogP contribution in [-0.2, 0) is 14.0 Å². The van der Waals surface area contributed by atoms with E-state index in [-0.39, 0.29) is 23.1 Å². The zero-order valence-electron chi connectivity index (χ0n) is 17.3. The minimum atomic E-state index is -1.89. The summed E-state index contributed by atoms with van der Waals surface area (Å²) in [5, 5.41) is 0.124. The van der Waals surface area contributed by atoms with Crippen molar-refractivity contribution < 1.29 is 18.8 Å². The van der Waals surface area contributed by atoms with Crippen molar-refractivity contribution in [2.24, 2.45) is 5.92 Å².